The Hall–Kier alpha value is -1.78. The van der Waals surface area contributed by atoms with Crippen LogP contribution in [0.5, 0.6) is 0 Å². The van der Waals surface area contributed by atoms with Crippen molar-refractivity contribution in [1.29, 1.82) is 0 Å². The highest BCUT2D eigenvalue weighted by Gasteiger charge is 2.09. The van der Waals surface area contributed by atoms with Crippen LogP contribution in [0.25, 0.3) is 11.5 Å². The van der Waals surface area contributed by atoms with Crippen LogP contribution in [-0.4, -0.2) is 10.2 Å². The molecule has 0 unspecified atom stereocenters. The monoisotopic (exact) mass is 316 g/mol. The Labute approximate surface area is 132 Å². The van der Waals surface area contributed by atoms with E-state index in [1.165, 1.54) is 17.3 Å². The zero-order valence-electron chi connectivity index (χ0n) is 11.4. The topological polar surface area (TPSA) is 38.9 Å². The fourth-order valence-corrected chi connectivity index (χ4v) is 2.77. The Balaban J connectivity index is 1.69. The van der Waals surface area contributed by atoms with Crippen molar-refractivity contribution in [1.82, 2.24) is 10.2 Å². The van der Waals surface area contributed by atoms with Crippen molar-refractivity contribution in [2.24, 2.45) is 0 Å². The summed E-state index contributed by atoms with van der Waals surface area (Å²) in [6.45, 7) is 2.05. The van der Waals surface area contributed by atoms with Crippen molar-refractivity contribution < 1.29 is 4.42 Å². The van der Waals surface area contributed by atoms with Gasteiger partial charge in [0.1, 0.15) is 0 Å². The molecule has 0 N–H and O–H groups in total. The lowest BCUT2D eigenvalue weighted by Crippen LogP contribution is -1.80. The smallest absolute Gasteiger partial charge is 0.277 e. The molecule has 3 aromatic rings. The number of hydrogen-bond acceptors (Lipinski definition) is 4. The predicted molar refractivity (Wildman–Crippen MR) is 85.5 cm³/mol. The summed E-state index contributed by atoms with van der Waals surface area (Å²) in [5.74, 6) is 1.29. The van der Waals surface area contributed by atoms with Gasteiger partial charge in [-0.25, -0.2) is 0 Å². The summed E-state index contributed by atoms with van der Waals surface area (Å²) < 4.78 is 5.67. The molecule has 0 aliphatic rings. The normalized spacial score (nSPS) is 10.8. The highest BCUT2D eigenvalue weighted by atomic mass is 35.5. The molecule has 0 saturated carbocycles. The second-order valence-electron chi connectivity index (χ2n) is 4.66. The molecule has 106 valence electrons. The molecule has 0 fully saturated rings. The molecule has 3 rings (SSSR count). The van der Waals surface area contributed by atoms with Crippen molar-refractivity contribution in [3.8, 4) is 11.5 Å². The number of benzene rings is 2. The van der Waals surface area contributed by atoms with Gasteiger partial charge in [-0.1, -0.05) is 53.2 Å². The van der Waals surface area contributed by atoms with Gasteiger partial charge < -0.3 is 4.42 Å². The third kappa shape index (κ3) is 3.65. The molecule has 0 atom stereocenters. The molecule has 1 heterocycles. The van der Waals surface area contributed by atoms with E-state index in [-0.39, 0.29) is 0 Å². The highest BCUT2D eigenvalue weighted by molar-refractivity contribution is 7.98. The van der Waals surface area contributed by atoms with E-state index in [9.17, 15) is 0 Å². The van der Waals surface area contributed by atoms with Crippen LogP contribution < -0.4 is 0 Å². The van der Waals surface area contributed by atoms with Crippen LogP contribution >= 0.6 is 23.4 Å². The molecular formula is C16H13ClN2OS. The number of halogens is 1. The van der Waals surface area contributed by atoms with Gasteiger partial charge in [0.15, 0.2) is 0 Å². The highest BCUT2D eigenvalue weighted by Crippen LogP contribution is 2.26. The Bertz CT molecular complexity index is 740. The lowest BCUT2D eigenvalue weighted by Gasteiger charge is -1.98. The third-order valence-electron chi connectivity index (χ3n) is 2.96. The predicted octanol–water partition coefficient (Wildman–Crippen LogP) is 4.99. The molecule has 0 spiro atoms. The van der Waals surface area contributed by atoms with Gasteiger partial charge in [-0.2, -0.15) is 0 Å². The fraction of sp³-hybridized carbons (Fsp3) is 0.125. The summed E-state index contributed by atoms with van der Waals surface area (Å²) in [6.07, 6.45) is 0. The van der Waals surface area contributed by atoms with Crippen LogP contribution in [0.15, 0.2) is 58.2 Å². The molecule has 0 amide bonds. The maximum absolute atomic E-state index is 5.96. The fourth-order valence-electron chi connectivity index (χ4n) is 1.85. The minimum Gasteiger partial charge on any atom is -0.411 e. The van der Waals surface area contributed by atoms with Gasteiger partial charge in [0, 0.05) is 16.3 Å². The minimum atomic E-state index is 0.545. The van der Waals surface area contributed by atoms with Gasteiger partial charge in [-0.05, 0) is 36.8 Å². The van der Waals surface area contributed by atoms with Gasteiger partial charge in [0.2, 0.25) is 5.89 Å². The summed E-state index contributed by atoms with van der Waals surface area (Å²) in [4.78, 5) is 0. The first-order valence-corrected chi connectivity index (χ1v) is 7.85. The Morgan fingerprint density at radius 2 is 1.90 bits per heavy atom. The minimum absolute atomic E-state index is 0.545. The number of aryl methyl sites for hydroxylation is 1. The molecule has 2 aromatic carbocycles. The lowest BCUT2D eigenvalue weighted by molar-refractivity contribution is 0.466. The number of rotatable bonds is 4. The van der Waals surface area contributed by atoms with Gasteiger partial charge in [0.05, 0.1) is 0 Å². The van der Waals surface area contributed by atoms with Gasteiger partial charge >= 0.3 is 0 Å². The summed E-state index contributed by atoms with van der Waals surface area (Å²) in [6, 6.07) is 15.8. The number of nitrogens with zero attached hydrogens (tertiary/aromatic N) is 2. The first-order valence-electron chi connectivity index (χ1n) is 6.48. The lowest BCUT2D eigenvalue weighted by atomic mass is 10.1. The van der Waals surface area contributed by atoms with Crippen molar-refractivity contribution in [2.45, 2.75) is 17.9 Å². The third-order valence-corrected chi connectivity index (χ3v) is 4.08. The molecule has 0 aliphatic carbocycles. The zero-order chi connectivity index (χ0) is 14.7. The molecule has 3 nitrogen and oxygen atoms in total. The molecule has 0 radical (unpaired) electrons. The van der Waals surface area contributed by atoms with Crippen LogP contribution in [0.2, 0.25) is 5.02 Å². The van der Waals surface area contributed by atoms with Crippen LogP contribution in [0.4, 0.5) is 0 Å². The van der Waals surface area contributed by atoms with Crippen LogP contribution in [0, 0.1) is 6.92 Å². The van der Waals surface area contributed by atoms with E-state index in [1.54, 1.807) is 0 Å². The first-order chi connectivity index (χ1) is 10.2. The largest absolute Gasteiger partial charge is 0.411 e. The molecular weight excluding hydrogens is 304 g/mol. The van der Waals surface area contributed by atoms with Crippen molar-refractivity contribution >= 4 is 23.4 Å². The summed E-state index contributed by atoms with van der Waals surface area (Å²) >= 11 is 7.46. The summed E-state index contributed by atoms with van der Waals surface area (Å²) in [7, 11) is 0. The van der Waals surface area contributed by atoms with Crippen LogP contribution in [-0.2, 0) is 5.75 Å². The molecule has 0 bridgehead atoms. The Morgan fingerprint density at radius 1 is 1.10 bits per heavy atom. The molecule has 0 saturated heterocycles. The second kappa shape index (κ2) is 6.33. The zero-order valence-corrected chi connectivity index (χ0v) is 13.0. The maximum atomic E-state index is 5.96. The van der Waals surface area contributed by atoms with Gasteiger partial charge in [-0.3, -0.25) is 0 Å². The number of hydrogen-bond donors (Lipinski definition) is 0. The molecule has 21 heavy (non-hydrogen) atoms. The average molecular weight is 317 g/mol. The van der Waals surface area contributed by atoms with E-state index in [0.717, 1.165) is 21.9 Å². The SMILES string of the molecule is Cc1ccc(-c2nnc(SCc3cccc(Cl)c3)o2)cc1. The van der Waals surface area contributed by atoms with Crippen LogP contribution in [0.3, 0.4) is 0 Å². The molecule has 0 aliphatic heterocycles. The van der Waals surface area contributed by atoms with E-state index in [0.29, 0.717) is 11.1 Å². The Morgan fingerprint density at radius 3 is 2.67 bits per heavy atom. The number of aromatic nitrogens is 2. The van der Waals surface area contributed by atoms with E-state index in [2.05, 4.69) is 10.2 Å². The Kier molecular flexibility index (Phi) is 4.27. The standard InChI is InChI=1S/C16H13ClN2OS/c1-11-5-7-13(8-6-11)15-18-19-16(20-15)21-10-12-3-2-4-14(17)9-12/h2-9H,10H2,1H3. The molecule has 1 aromatic heterocycles. The maximum Gasteiger partial charge on any atom is 0.277 e. The van der Waals surface area contributed by atoms with Gasteiger partial charge in [-0.15, -0.1) is 10.2 Å². The summed E-state index contributed by atoms with van der Waals surface area (Å²) in [5.41, 5.74) is 3.26. The average Bonchev–Trinajstić information content (AvgIpc) is 2.95. The van der Waals surface area contributed by atoms with Crippen LogP contribution in [0.1, 0.15) is 11.1 Å². The quantitative estimate of drug-likeness (QED) is 0.636. The van der Waals surface area contributed by atoms with E-state index in [1.807, 2.05) is 55.5 Å². The van der Waals surface area contributed by atoms with Crippen molar-refractivity contribution in [3.05, 3.63) is 64.7 Å². The van der Waals surface area contributed by atoms with E-state index < -0.39 is 0 Å². The number of thioether (sulfide) groups is 1. The van der Waals surface area contributed by atoms with Crippen molar-refractivity contribution in [2.75, 3.05) is 0 Å². The van der Waals surface area contributed by atoms with Crippen molar-refractivity contribution in [3.63, 3.8) is 0 Å². The second-order valence-corrected chi connectivity index (χ2v) is 6.02. The first kappa shape index (κ1) is 14.2. The summed E-state index contributed by atoms with van der Waals surface area (Å²) in [5, 5.41) is 9.44. The van der Waals surface area contributed by atoms with Gasteiger partial charge in [0.25, 0.3) is 5.22 Å². The molecule has 5 heteroatoms. The van der Waals surface area contributed by atoms with E-state index >= 15 is 0 Å². The van der Waals surface area contributed by atoms with E-state index in [4.69, 9.17) is 16.0 Å².